The van der Waals surface area contributed by atoms with Crippen LogP contribution in [-0.4, -0.2) is 16.8 Å². The molecule has 2 heteroatoms. The second-order valence-electron chi connectivity index (χ2n) is 3.88. The zero-order valence-electron chi connectivity index (χ0n) is 9.03. The first-order valence-electron chi connectivity index (χ1n) is 5.56. The number of ketones is 1. The molecular weight excluding hydrogens is 204 g/mol. The van der Waals surface area contributed by atoms with Gasteiger partial charge >= 0.3 is 0 Å². The van der Waals surface area contributed by atoms with Crippen molar-refractivity contribution < 1.29 is 4.79 Å². The molecule has 0 saturated carbocycles. The molecule has 1 atom stereocenters. The summed E-state index contributed by atoms with van der Waals surface area (Å²) in [4.78, 5) is 12.2. The van der Waals surface area contributed by atoms with Crippen molar-refractivity contribution in [3.8, 4) is 0 Å². The van der Waals surface area contributed by atoms with Crippen LogP contribution in [0.3, 0.4) is 0 Å². The molecule has 1 aliphatic heterocycles. The van der Waals surface area contributed by atoms with Crippen molar-refractivity contribution in [2.24, 2.45) is 0 Å². The third-order valence-electron chi connectivity index (χ3n) is 2.89. The average molecular weight is 220 g/mol. The molecule has 0 N–H and O–H groups in total. The van der Waals surface area contributed by atoms with Crippen LogP contribution in [0.5, 0.6) is 0 Å². The topological polar surface area (TPSA) is 17.1 Å². The zero-order chi connectivity index (χ0) is 10.7. The van der Waals surface area contributed by atoms with E-state index in [2.05, 4.69) is 13.0 Å². The monoisotopic (exact) mass is 220 g/mol. The number of hydrogen-bond donors (Lipinski definition) is 0. The minimum atomic E-state index is 0.220. The van der Waals surface area contributed by atoms with Gasteiger partial charge in [-0.05, 0) is 30.6 Å². The summed E-state index contributed by atoms with van der Waals surface area (Å²) in [7, 11) is 0. The lowest BCUT2D eigenvalue weighted by Crippen LogP contribution is -2.15. The van der Waals surface area contributed by atoms with Crippen molar-refractivity contribution in [1.82, 2.24) is 0 Å². The highest BCUT2D eigenvalue weighted by atomic mass is 32.2. The molecule has 1 saturated heterocycles. The molecular formula is C13H16OS. The molecule has 80 valence electrons. The van der Waals surface area contributed by atoms with Gasteiger partial charge in [-0.25, -0.2) is 0 Å². The minimum absolute atomic E-state index is 0.220. The van der Waals surface area contributed by atoms with Crippen LogP contribution in [0.2, 0.25) is 0 Å². The summed E-state index contributed by atoms with van der Waals surface area (Å²) in [5.41, 5.74) is 2.13. The van der Waals surface area contributed by atoms with Crippen molar-refractivity contribution in [3.05, 3.63) is 35.4 Å². The first-order valence-corrected chi connectivity index (χ1v) is 6.61. The van der Waals surface area contributed by atoms with E-state index in [1.165, 1.54) is 12.0 Å². The molecule has 1 fully saturated rings. The Morgan fingerprint density at radius 2 is 2.27 bits per heavy atom. The number of thioether (sulfide) groups is 1. The van der Waals surface area contributed by atoms with E-state index < -0.39 is 0 Å². The lowest BCUT2D eigenvalue weighted by molar-refractivity contribution is 0.0987. The van der Waals surface area contributed by atoms with Gasteiger partial charge in [0.2, 0.25) is 0 Å². The van der Waals surface area contributed by atoms with E-state index in [1.807, 2.05) is 30.0 Å². The molecule has 15 heavy (non-hydrogen) atoms. The third kappa shape index (κ3) is 2.25. The maximum absolute atomic E-state index is 12.2. The van der Waals surface area contributed by atoms with E-state index in [0.29, 0.717) is 5.78 Å². The summed E-state index contributed by atoms with van der Waals surface area (Å²) in [6, 6.07) is 8.01. The molecule has 0 bridgehead atoms. The lowest BCUT2D eigenvalue weighted by atomic mass is 9.98. The van der Waals surface area contributed by atoms with Crippen LogP contribution in [-0.2, 0) is 6.42 Å². The van der Waals surface area contributed by atoms with Crippen molar-refractivity contribution in [3.63, 3.8) is 0 Å². The Morgan fingerprint density at radius 1 is 1.47 bits per heavy atom. The number of benzene rings is 1. The summed E-state index contributed by atoms with van der Waals surface area (Å²) in [6.07, 6.45) is 3.19. The smallest absolute Gasteiger partial charge is 0.176 e. The number of hydrogen-bond acceptors (Lipinski definition) is 2. The molecule has 1 unspecified atom stereocenters. The van der Waals surface area contributed by atoms with Gasteiger partial charge in [0.25, 0.3) is 0 Å². The zero-order valence-corrected chi connectivity index (χ0v) is 9.85. The molecule has 0 aliphatic carbocycles. The number of Topliss-reactive ketones (excluding diaryl/α,β-unsaturated/α-hetero) is 1. The van der Waals surface area contributed by atoms with E-state index in [9.17, 15) is 4.79 Å². The van der Waals surface area contributed by atoms with Gasteiger partial charge in [-0.2, -0.15) is 11.8 Å². The van der Waals surface area contributed by atoms with Gasteiger partial charge in [-0.3, -0.25) is 4.79 Å². The number of carbonyl (C=O) groups is 1. The Balaban J connectivity index is 2.24. The van der Waals surface area contributed by atoms with E-state index in [4.69, 9.17) is 0 Å². The molecule has 1 aliphatic rings. The second-order valence-corrected chi connectivity index (χ2v) is 5.19. The Hall–Kier alpha value is -0.760. The SMILES string of the molecule is CCc1ccccc1C(=O)C1CCCS1. The van der Waals surface area contributed by atoms with Gasteiger partial charge in [-0.1, -0.05) is 31.2 Å². The van der Waals surface area contributed by atoms with Gasteiger partial charge in [0.1, 0.15) is 0 Å². The van der Waals surface area contributed by atoms with Crippen LogP contribution >= 0.6 is 11.8 Å². The van der Waals surface area contributed by atoms with Gasteiger partial charge in [0, 0.05) is 5.56 Å². The fraction of sp³-hybridized carbons (Fsp3) is 0.462. The fourth-order valence-electron chi connectivity index (χ4n) is 2.03. The summed E-state index contributed by atoms with van der Waals surface area (Å²) < 4.78 is 0. The summed E-state index contributed by atoms with van der Waals surface area (Å²) in [5, 5.41) is 0.220. The molecule has 0 spiro atoms. The quantitative estimate of drug-likeness (QED) is 0.727. The first kappa shape index (κ1) is 10.7. The maximum Gasteiger partial charge on any atom is 0.176 e. The number of carbonyl (C=O) groups excluding carboxylic acids is 1. The Morgan fingerprint density at radius 3 is 2.93 bits per heavy atom. The third-order valence-corrected chi connectivity index (χ3v) is 4.26. The molecule has 2 rings (SSSR count). The molecule has 0 radical (unpaired) electrons. The normalized spacial score (nSPS) is 20.5. The largest absolute Gasteiger partial charge is 0.293 e. The highest BCUT2D eigenvalue weighted by Gasteiger charge is 2.25. The Labute approximate surface area is 95.3 Å². The van der Waals surface area contributed by atoms with Crippen molar-refractivity contribution in [1.29, 1.82) is 0 Å². The van der Waals surface area contributed by atoms with E-state index in [0.717, 1.165) is 24.2 Å². The standard InChI is InChI=1S/C13H16OS/c1-2-10-6-3-4-7-11(10)13(14)12-8-5-9-15-12/h3-4,6-7,12H,2,5,8-9H2,1H3. The summed E-state index contributed by atoms with van der Waals surface area (Å²) in [5.74, 6) is 1.49. The summed E-state index contributed by atoms with van der Waals surface area (Å²) >= 11 is 1.81. The molecule has 1 heterocycles. The highest BCUT2D eigenvalue weighted by Crippen LogP contribution is 2.29. The van der Waals surface area contributed by atoms with E-state index in [-0.39, 0.29) is 5.25 Å². The molecule has 0 aromatic heterocycles. The minimum Gasteiger partial charge on any atom is -0.293 e. The van der Waals surface area contributed by atoms with Gasteiger partial charge in [0.15, 0.2) is 5.78 Å². The molecule has 1 aromatic carbocycles. The predicted molar refractivity (Wildman–Crippen MR) is 65.6 cm³/mol. The lowest BCUT2D eigenvalue weighted by Gasteiger charge is -2.10. The van der Waals surface area contributed by atoms with Crippen molar-refractivity contribution in [2.75, 3.05) is 5.75 Å². The van der Waals surface area contributed by atoms with Crippen LogP contribution in [0, 0.1) is 0 Å². The second kappa shape index (κ2) is 4.84. The first-order chi connectivity index (χ1) is 7.33. The highest BCUT2D eigenvalue weighted by molar-refractivity contribution is 8.00. The van der Waals surface area contributed by atoms with Crippen LogP contribution in [0.25, 0.3) is 0 Å². The molecule has 1 nitrogen and oxygen atoms in total. The summed E-state index contributed by atoms with van der Waals surface area (Å²) in [6.45, 7) is 2.11. The Bertz CT molecular complexity index is 353. The number of rotatable bonds is 3. The van der Waals surface area contributed by atoms with Gasteiger partial charge < -0.3 is 0 Å². The maximum atomic E-state index is 12.2. The van der Waals surface area contributed by atoms with Crippen molar-refractivity contribution in [2.45, 2.75) is 31.4 Å². The molecule has 1 aromatic rings. The molecule has 0 amide bonds. The van der Waals surface area contributed by atoms with Crippen LogP contribution in [0.15, 0.2) is 24.3 Å². The van der Waals surface area contributed by atoms with Crippen LogP contribution < -0.4 is 0 Å². The van der Waals surface area contributed by atoms with Gasteiger partial charge in [-0.15, -0.1) is 0 Å². The van der Waals surface area contributed by atoms with Crippen LogP contribution in [0.4, 0.5) is 0 Å². The van der Waals surface area contributed by atoms with Crippen molar-refractivity contribution >= 4 is 17.5 Å². The fourth-order valence-corrected chi connectivity index (χ4v) is 3.26. The van der Waals surface area contributed by atoms with Gasteiger partial charge in [0.05, 0.1) is 5.25 Å². The number of aryl methyl sites for hydroxylation is 1. The van der Waals surface area contributed by atoms with E-state index >= 15 is 0 Å². The van der Waals surface area contributed by atoms with Crippen LogP contribution in [0.1, 0.15) is 35.7 Å². The average Bonchev–Trinajstić information content (AvgIpc) is 2.81. The van der Waals surface area contributed by atoms with E-state index in [1.54, 1.807) is 0 Å². The predicted octanol–water partition coefficient (Wildman–Crippen LogP) is 3.33. The Kier molecular flexibility index (Phi) is 3.47.